The van der Waals surface area contributed by atoms with E-state index in [1.165, 1.54) is 0 Å². The Balaban J connectivity index is 1.85. The lowest BCUT2D eigenvalue weighted by Gasteiger charge is -2.24. The molecule has 0 unspecified atom stereocenters. The highest BCUT2D eigenvalue weighted by Crippen LogP contribution is 2.29. The summed E-state index contributed by atoms with van der Waals surface area (Å²) in [4.78, 5) is 15.3. The van der Waals surface area contributed by atoms with E-state index in [1.807, 2.05) is 6.07 Å². The van der Waals surface area contributed by atoms with Crippen molar-refractivity contribution >= 4 is 28.1 Å². The van der Waals surface area contributed by atoms with Crippen LogP contribution in [0.3, 0.4) is 0 Å². The van der Waals surface area contributed by atoms with Gasteiger partial charge in [-0.05, 0) is 49.8 Å². The maximum absolute atomic E-state index is 10.9. The summed E-state index contributed by atoms with van der Waals surface area (Å²) in [5.74, 6) is -0.182. The molecule has 0 bridgehead atoms. The van der Waals surface area contributed by atoms with Gasteiger partial charge >= 0.3 is 5.97 Å². The smallest absolute Gasteiger partial charge is 0.306 e. The average Bonchev–Trinajstić information content (AvgIpc) is 2.43. The number of aliphatic carboxylic acids is 1. The van der Waals surface area contributed by atoms with Crippen molar-refractivity contribution in [3.63, 3.8) is 0 Å². The number of hydrogen-bond acceptors (Lipinski definition) is 3. The van der Waals surface area contributed by atoms with Crippen LogP contribution in [0.15, 0.2) is 27.7 Å². The number of nitrogens with zero attached hydrogens (tertiary/aromatic N) is 1. The van der Waals surface area contributed by atoms with Gasteiger partial charge in [0.15, 0.2) is 0 Å². The van der Waals surface area contributed by atoms with Crippen LogP contribution in [0, 0.1) is 11.8 Å². The van der Waals surface area contributed by atoms with Crippen LogP contribution in [-0.2, 0) is 4.79 Å². The molecule has 1 aliphatic carbocycles. The van der Waals surface area contributed by atoms with Crippen molar-refractivity contribution in [3.05, 3.63) is 28.2 Å². The summed E-state index contributed by atoms with van der Waals surface area (Å²) in [5, 5.41) is 18.6. The van der Waals surface area contributed by atoms with Crippen LogP contribution >= 0.6 is 15.9 Å². The van der Waals surface area contributed by atoms with E-state index >= 15 is 0 Å². The van der Waals surface area contributed by atoms with Crippen LogP contribution in [0.4, 0.5) is 0 Å². The fourth-order valence-electron chi connectivity index (χ4n) is 2.52. The number of aromatic hydroxyl groups is 1. The summed E-state index contributed by atoms with van der Waals surface area (Å²) >= 11 is 3.36. The molecule has 0 aliphatic heterocycles. The number of phenolic OH excluding ortho intramolecular Hbond substituents is 1. The third-order valence-electron chi connectivity index (χ3n) is 3.78. The van der Waals surface area contributed by atoms with E-state index in [0.717, 1.165) is 30.2 Å². The van der Waals surface area contributed by atoms with Crippen molar-refractivity contribution < 1.29 is 15.0 Å². The van der Waals surface area contributed by atoms with Gasteiger partial charge in [-0.1, -0.05) is 15.9 Å². The number of carboxylic acids is 1. The van der Waals surface area contributed by atoms with E-state index < -0.39 is 5.97 Å². The number of hydrogen-bond donors (Lipinski definition) is 2. The Morgan fingerprint density at radius 3 is 2.70 bits per heavy atom. The largest absolute Gasteiger partial charge is 0.507 e. The molecule has 0 heterocycles. The molecule has 0 radical (unpaired) electrons. The molecular weight excluding hydrogens is 322 g/mol. The van der Waals surface area contributed by atoms with Crippen molar-refractivity contribution in [1.82, 2.24) is 0 Å². The molecule has 1 aromatic rings. The van der Waals surface area contributed by atoms with Crippen LogP contribution < -0.4 is 0 Å². The molecule has 4 nitrogen and oxygen atoms in total. The summed E-state index contributed by atoms with van der Waals surface area (Å²) in [6, 6.07) is 5.23. The first-order chi connectivity index (χ1) is 9.56. The van der Waals surface area contributed by atoms with Crippen molar-refractivity contribution in [2.75, 3.05) is 6.54 Å². The second-order valence-corrected chi connectivity index (χ2v) is 6.17. The maximum Gasteiger partial charge on any atom is 0.306 e. The van der Waals surface area contributed by atoms with Crippen molar-refractivity contribution in [3.8, 4) is 5.75 Å². The molecule has 0 aromatic heterocycles. The number of benzene rings is 1. The summed E-state index contributed by atoms with van der Waals surface area (Å²) < 4.78 is 0.902. The summed E-state index contributed by atoms with van der Waals surface area (Å²) in [5.41, 5.74) is 0.693. The average molecular weight is 340 g/mol. The van der Waals surface area contributed by atoms with Gasteiger partial charge in [0.05, 0.1) is 5.92 Å². The van der Waals surface area contributed by atoms with E-state index in [-0.39, 0.29) is 11.7 Å². The standard InChI is InChI=1S/C15H18BrNO3/c16-13-5-6-14(18)12(7-13)9-17-8-10-1-3-11(4-2-10)15(19)20/h5-7,9-11,18H,1-4,8H2,(H,19,20). The van der Waals surface area contributed by atoms with Crippen molar-refractivity contribution in [2.24, 2.45) is 16.8 Å². The van der Waals surface area contributed by atoms with E-state index in [4.69, 9.17) is 5.11 Å². The summed E-state index contributed by atoms with van der Waals surface area (Å²) in [6.45, 7) is 0.693. The van der Waals surface area contributed by atoms with Crippen LogP contribution in [0.1, 0.15) is 31.2 Å². The molecule has 2 rings (SSSR count). The zero-order chi connectivity index (χ0) is 14.5. The molecule has 1 aliphatic rings. The number of rotatable bonds is 4. The molecule has 0 spiro atoms. The molecule has 0 amide bonds. The molecule has 0 atom stereocenters. The zero-order valence-electron chi connectivity index (χ0n) is 11.1. The minimum atomic E-state index is -0.675. The summed E-state index contributed by atoms with van der Waals surface area (Å²) in [7, 11) is 0. The van der Waals surface area contributed by atoms with Crippen molar-refractivity contribution in [1.29, 1.82) is 0 Å². The second kappa shape index (κ2) is 6.88. The SMILES string of the molecule is O=C(O)C1CCC(CN=Cc2cc(Br)ccc2O)CC1. The van der Waals surface area contributed by atoms with Crippen LogP contribution in [0.25, 0.3) is 0 Å². The molecule has 1 fully saturated rings. The van der Waals surface area contributed by atoms with Crippen LogP contribution in [-0.4, -0.2) is 28.9 Å². The lowest BCUT2D eigenvalue weighted by molar-refractivity contribution is -0.143. The second-order valence-electron chi connectivity index (χ2n) is 5.25. The zero-order valence-corrected chi connectivity index (χ0v) is 12.7. The lowest BCUT2D eigenvalue weighted by atomic mass is 9.82. The Bertz CT molecular complexity index is 508. The van der Waals surface area contributed by atoms with Gasteiger partial charge in [-0.15, -0.1) is 0 Å². The fourth-order valence-corrected chi connectivity index (χ4v) is 2.90. The quantitative estimate of drug-likeness (QED) is 0.825. The van der Waals surface area contributed by atoms with Crippen LogP contribution in [0.5, 0.6) is 5.75 Å². The fraction of sp³-hybridized carbons (Fsp3) is 0.467. The van der Waals surface area contributed by atoms with Gasteiger partial charge < -0.3 is 10.2 Å². The van der Waals surface area contributed by atoms with E-state index in [1.54, 1.807) is 18.3 Å². The Kier molecular flexibility index (Phi) is 5.17. The Hall–Kier alpha value is -1.36. The molecule has 0 saturated heterocycles. The third kappa shape index (κ3) is 4.07. The highest BCUT2D eigenvalue weighted by atomic mass is 79.9. The predicted molar refractivity (Wildman–Crippen MR) is 81.4 cm³/mol. The molecule has 108 valence electrons. The third-order valence-corrected chi connectivity index (χ3v) is 4.27. The minimum absolute atomic E-state index is 0.177. The van der Waals surface area contributed by atoms with Crippen molar-refractivity contribution in [2.45, 2.75) is 25.7 Å². The van der Waals surface area contributed by atoms with Gasteiger partial charge in [0.2, 0.25) is 0 Å². The van der Waals surface area contributed by atoms with E-state index in [2.05, 4.69) is 20.9 Å². The first-order valence-corrected chi connectivity index (χ1v) is 7.56. The van der Waals surface area contributed by atoms with E-state index in [9.17, 15) is 9.90 Å². The number of carboxylic acid groups (broad SMARTS) is 1. The maximum atomic E-state index is 10.9. The molecule has 5 heteroatoms. The first kappa shape index (κ1) is 15.0. The monoisotopic (exact) mass is 339 g/mol. The van der Waals surface area contributed by atoms with Gasteiger partial charge in [0, 0.05) is 22.8 Å². The van der Waals surface area contributed by atoms with Gasteiger partial charge in [-0.3, -0.25) is 9.79 Å². The van der Waals surface area contributed by atoms with E-state index in [0.29, 0.717) is 18.0 Å². The number of halogens is 1. The minimum Gasteiger partial charge on any atom is -0.507 e. The van der Waals surface area contributed by atoms with Gasteiger partial charge in [0.25, 0.3) is 0 Å². The number of aliphatic imine (C=N–C) groups is 1. The Morgan fingerprint density at radius 1 is 1.35 bits per heavy atom. The molecular formula is C15H18BrNO3. The number of phenols is 1. The topological polar surface area (TPSA) is 69.9 Å². The van der Waals surface area contributed by atoms with Gasteiger partial charge in [-0.2, -0.15) is 0 Å². The summed E-state index contributed by atoms with van der Waals surface area (Å²) in [6.07, 6.45) is 5.01. The molecule has 1 saturated carbocycles. The normalized spacial score (nSPS) is 23.1. The molecule has 20 heavy (non-hydrogen) atoms. The highest BCUT2D eigenvalue weighted by molar-refractivity contribution is 9.10. The molecule has 2 N–H and O–H groups in total. The predicted octanol–water partition coefficient (Wildman–Crippen LogP) is 3.46. The van der Waals surface area contributed by atoms with Crippen LogP contribution in [0.2, 0.25) is 0 Å². The Labute approximate surface area is 126 Å². The van der Waals surface area contributed by atoms with Gasteiger partial charge in [-0.25, -0.2) is 0 Å². The first-order valence-electron chi connectivity index (χ1n) is 6.77. The number of carbonyl (C=O) groups is 1. The lowest BCUT2D eigenvalue weighted by Crippen LogP contribution is -2.22. The van der Waals surface area contributed by atoms with Gasteiger partial charge in [0.1, 0.15) is 5.75 Å². The Morgan fingerprint density at radius 2 is 2.05 bits per heavy atom. The molecule has 1 aromatic carbocycles. The highest BCUT2D eigenvalue weighted by Gasteiger charge is 2.25.